The summed E-state index contributed by atoms with van der Waals surface area (Å²) in [7, 11) is 0. The van der Waals surface area contributed by atoms with Crippen molar-refractivity contribution in [3.63, 3.8) is 0 Å². The van der Waals surface area contributed by atoms with Crippen LogP contribution >= 0.6 is 11.8 Å². The van der Waals surface area contributed by atoms with E-state index < -0.39 is 0 Å². The lowest BCUT2D eigenvalue weighted by atomic mass is 10.0. The van der Waals surface area contributed by atoms with E-state index in [1.165, 1.54) is 11.8 Å². The van der Waals surface area contributed by atoms with Gasteiger partial charge in [-0.2, -0.15) is 4.99 Å². The number of aryl methyl sites for hydroxylation is 1. The average Bonchev–Trinajstić information content (AvgIpc) is 2.95. The second kappa shape index (κ2) is 7.10. The van der Waals surface area contributed by atoms with Crippen molar-refractivity contribution >= 4 is 28.6 Å². The highest BCUT2D eigenvalue weighted by molar-refractivity contribution is 8.18. The number of allylic oxidation sites excluding steroid dienone is 1. The highest BCUT2D eigenvalue weighted by atomic mass is 32.2. The number of Topliss-reactive ketones (excluding diaryl/α,β-unsaturated/α-hetero) is 1. The number of aliphatic imine (C=N–C) groups is 1. The van der Waals surface area contributed by atoms with Crippen molar-refractivity contribution in [3.8, 4) is 0 Å². The molecular formula is C17H18N2O3S. The van der Waals surface area contributed by atoms with Gasteiger partial charge in [0.25, 0.3) is 5.91 Å². The summed E-state index contributed by atoms with van der Waals surface area (Å²) in [6.07, 6.45) is 1.91. The van der Waals surface area contributed by atoms with Gasteiger partial charge < -0.3 is 9.64 Å². The molecule has 1 saturated heterocycles. The fourth-order valence-electron chi connectivity index (χ4n) is 2.51. The molecule has 1 amide bonds. The lowest BCUT2D eigenvalue weighted by Crippen LogP contribution is -2.38. The molecule has 0 radical (unpaired) electrons. The van der Waals surface area contributed by atoms with E-state index in [4.69, 9.17) is 4.74 Å². The predicted molar refractivity (Wildman–Crippen MR) is 90.6 cm³/mol. The topological polar surface area (TPSA) is 59.0 Å². The van der Waals surface area contributed by atoms with Gasteiger partial charge in [-0.15, -0.1) is 0 Å². The number of carbonyl (C=O) groups is 2. The van der Waals surface area contributed by atoms with Crippen LogP contribution in [0.1, 0.15) is 22.3 Å². The second-order valence-corrected chi connectivity index (χ2v) is 6.42. The molecule has 0 aromatic heterocycles. The molecule has 0 atom stereocenters. The predicted octanol–water partition coefficient (Wildman–Crippen LogP) is 2.41. The molecule has 0 spiro atoms. The Morgan fingerprint density at radius 3 is 2.83 bits per heavy atom. The minimum absolute atomic E-state index is 0.0174. The third kappa shape index (κ3) is 3.71. The maximum absolute atomic E-state index is 12.3. The van der Waals surface area contributed by atoms with Gasteiger partial charge in [0.05, 0.1) is 18.1 Å². The monoisotopic (exact) mass is 330 g/mol. The van der Waals surface area contributed by atoms with Gasteiger partial charge in [0.15, 0.2) is 11.0 Å². The van der Waals surface area contributed by atoms with E-state index >= 15 is 0 Å². The zero-order valence-corrected chi connectivity index (χ0v) is 13.8. The van der Waals surface area contributed by atoms with Crippen LogP contribution in [-0.2, 0) is 9.53 Å². The van der Waals surface area contributed by atoms with Crippen molar-refractivity contribution in [2.24, 2.45) is 4.99 Å². The second-order valence-electron chi connectivity index (χ2n) is 5.41. The number of amidine groups is 1. The third-order valence-corrected chi connectivity index (χ3v) is 4.90. The first-order valence-corrected chi connectivity index (χ1v) is 8.39. The Balaban J connectivity index is 1.64. The van der Waals surface area contributed by atoms with Crippen molar-refractivity contribution in [2.75, 3.05) is 26.3 Å². The molecule has 23 heavy (non-hydrogen) atoms. The summed E-state index contributed by atoms with van der Waals surface area (Å²) >= 11 is 1.35. The van der Waals surface area contributed by atoms with Gasteiger partial charge in [0, 0.05) is 25.1 Å². The molecule has 0 aliphatic carbocycles. The molecule has 0 saturated carbocycles. The highest BCUT2D eigenvalue weighted by Gasteiger charge is 2.27. The Kier molecular flexibility index (Phi) is 4.93. The molecule has 1 fully saturated rings. The summed E-state index contributed by atoms with van der Waals surface area (Å²) in [5.74, 6) is -0.238. The smallest absolute Gasteiger partial charge is 0.285 e. The van der Waals surface area contributed by atoms with Crippen LogP contribution in [-0.4, -0.2) is 48.1 Å². The standard InChI is InChI=1S/C17H18N2O3S/c1-12-4-2-3-5-13(12)14(20)6-7-15-16(21)18-17(23-15)19-8-10-22-11-9-19/h2-5,7H,6,8-11H2,1H3/b15-7-. The van der Waals surface area contributed by atoms with Gasteiger partial charge in [0.2, 0.25) is 0 Å². The van der Waals surface area contributed by atoms with Gasteiger partial charge >= 0.3 is 0 Å². The van der Waals surface area contributed by atoms with Crippen molar-refractivity contribution in [1.29, 1.82) is 0 Å². The van der Waals surface area contributed by atoms with Gasteiger partial charge in [-0.3, -0.25) is 9.59 Å². The molecule has 0 N–H and O–H groups in total. The summed E-state index contributed by atoms with van der Waals surface area (Å²) in [4.78, 5) is 31.0. The molecule has 1 aromatic carbocycles. The third-order valence-electron chi connectivity index (χ3n) is 3.81. The minimum Gasteiger partial charge on any atom is -0.378 e. The van der Waals surface area contributed by atoms with Crippen molar-refractivity contribution in [3.05, 3.63) is 46.4 Å². The summed E-state index contributed by atoms with van der Waals surface area (Å²) < 4.78 is 5.30. The lowest BCUT2D eigenvalue weighted by Gasteiger charge is -2.27. The number of ether oxygens (including phenoxy) is 1. The Bertz CT molecular complexity index is 691. The first-order chi connectivity index (χ1) is 11.1. The van der Waals surface area contributed by atoms with E-state index in [0.29, 0.717) is 28.9 Å². The van der Waals surface area contributed by atoms with Crippen LogP contribution in [0.3, 0.4) is 0 Å². The summed E-state index contributed by atoms with van der Waals surface area (Å²) in [5.41, 5.74) is 1.65. The molecule has 0 bridgehead atoms. The summed E-state index contributed by atoms with van der Waals surface area (Å²) in [6, 6.07) is 7.48. The van der Waals surface area contributed by atoms with Gasteiger partial charge in [-0.1, -0.05) is 30.3 Å². The normalized spacial score (nSPS) is 20.0. The van der Waals surface area contributed by atoms with E-state index in [2.05, 4.69) is 9.89 Å². The van der Waals surface area contributed by atoms with Crippen LogP contribution < -0.4 is 0 Å². The minimum atomic E-state index is -0.255. The summed E-state index contributed by atoms with van der Waals surface area (Å²) in [5, 5.41) is 0.716. The SMILES string of the molecule is Cc1ccccc1C(=O)C/C=C1\SC(N2CCOCC2)=NC1=O. The lowest BCUT2D eigenvalue weighted by molar-refractivity contribution is -0.113. The van der Waals surface area contributed by atoms with E-state index in [0.717, 1.165) is 18.7 Å². The van der Waals surface area contributed by atoms with Crippen molar-refractivity contribution in [2.45, 2.75) is 13.3 Å². The van der Waals surface area contributed by atoms with Crippen molar-refractivity contribution < 1.29 is 14.3 Å². The summed E-state index contributed by atoms with van der Waals surface area (Å²) in [6.45, 7) is 4.70. The van der Waals surface area contributed by atoms with E-state index in [1.807, 2.05) is 31.2 Å². The number of carbonyl (C=O) groups excluding carboxylic acids is 2. The highest BCUT2D eigenvalue weighted by Crippen LogP contribution is 2.29. The first kappa shape index (κ1) is 16.0. The number of nitrogens with zero attached hydrogens (tertiary/aromatic N) is 2. The molecule has 120 valence electrons. The quantitative estimate of drug-likeness (QED) is 0.629. The molecular weight excluding hydrogens is 312 g/mol. The van der Waals surface area contributed by atoms with Gasteiger partial charge in [-0.05, 0) is 24.2 Å². The van der Waals surface area contributed by atoms with E-state index in [-0.39, 0.29) is 18.1 Å². The van der Waals surface area contributed by atoms with Crippen LogP contribution in [0, 0.1) is 6.92 Å². The maximum atomic E-state index is 12.3. The van der Waals surface area contributed by atoms with Crippen LogP contribution in [0.2, 0.25) is 0 Å². The number of rotatable bonds is 3. The Morgan fingerprint density at radius 2 is 2.09 bits per heavy atom. The molecule has 5 nitrogen and oxygen atoms in total. The maximum Gasteiger partial charge on any atom is 0.285 e. The molecule has 6 heteroatoms. The Hall–Kier alpha value is -1.92. The number of hydrogen-bond acceptors (Lipinski definition) is 5. The number of thioether (sulfide) groups is 1. The molecule has 2 aliphatic heterocycles. The number of amides is 1. The molecule has 1 aromatic rings. The Morgan fingerprint density at radius 1 is 1.35 bits per heavy atom. The molecule has 2 aliphatic rings. The number of benzene rings is 1. The zero-order chi connectivity index (χ0) is 16.2. The van der Waals surface area contributed by atoms with Gasteiger partial charge in [-0.25, -0.2) is 0 Å². The van der Waals surface area contributed by atoms with E-state index in [1.54, 1.807) is 6.08 Å². The molecule has 3 rings (SSSR count). The van der Waals surface area contributed by atoms with E-state index in [9.17, 15) is 9.59 Å². The van der Waals surface area contributed by atoms with Crippen molar-refractivity contribution in [1.82, 2.24) is 4.90 Å². The van der Waals surface area contributed by atoms with Gasteiger partial charge in [0.1, 0.15) is 0 Å². The molecule has 2 heterocycles. The molecule has 0 unspecified atom stereocenters. The van der Waals surface area contributed by atoms with Crippen LogP contribution in [0.15, 0.2) is 40.2 Å². The Labute approximate surface area is 139 Å². The largest absolute Gasteiger partial charge is 0.378 e. The number of hydrogen-bond donors (Lipinski definition) is 0. The fraction of sp³-hybridized carbons (Fsp3) is 0.353. The number of morpholine rings is 1. The van der Waals surface area contributed by atoms with Crippen LogP contribution in [0.5, 0.6) is 0 Å². The van der Waals surface area contributed by atoms with Crippen LogP contribution in [0.4, 0.5) is 0 Å². The average molecular weight is 330 g/mol. The zero-order valence-electron chi connectivity index (χ0n) is 12.9. The number of ketones is 1. The fourth-order valence-corrected chi connectivity index (χ4v) is 3.44. The van der Waals surface area contributed by atoms with Crippen LogP contribution in [0.25, 0.3) is 0 Å². The first-order valence-electron chi connectivity index (χ1n) is 7.57.